The quantitative estimate of drug-likeness (QED) is 0.703. The predicted molar refractivity (Wildman–Crippen MR) is 45.8 cm³/mol. The van der Waals surface area contributed by atoms with E-state index in [1.807, 2.05) is 6.92 Å². The van der Waals surface area contributed by atoms with Gasteiger partial charge in [-0.05, 0) is 12.3 Å². The standard InChI is InChI=1S/C6H11Cl3O/c1-2-5(4-10)3-6(7,8)9/h5,10H,2-4H2,1H3. The molecule has 1 atom stereocenters. The summed E-state index contributed by atoms with van der Waals surface area (Å²) in [7, 11) is 0. The van der Waals surface area contributed by atoms with Gasteiger partial charge < -0.3 is 5.11 Å². The summed E-state index contributed by atoms with van der Waals surface area (Å²) in [6.07, 6.45) is 1.26. The number of halogens is 3. The highest BCUT2D eigenvalue weighted by molar-refractivity contribution is 6.67. The Kier molecular flexibility index (Phi) is 5.04. The molecule has 10 heavy (non-hydrogen) atoms. The summed E-state index contributed by atoms with van der Waals surface area (Å²) < 4.78 is -1.22. The van der Waals surface area contributed by atoms with Crippen LogP contribution in [0.2, 0.25) is 0 Å². The summed E-state index contributed by atoms with van der Waals surface area (Å²) in [4.78, 5) is 0. The van der Waals surface area contributed by atoms with E-state index >= 15 is 0 Å². The Morgan fingerprint density at radius 3 is 2.00 bits per heavy atom. The van der Waals surface area contributed by atoms with Crippen molar-refractivity contribution in [1.29, 1.82) is 0 Å². The normalized spacial score (nSPS) is 15.3. The largest absolute Gasteiger partial charge is 0.396 e. The predicted octanol–water partition coefficient (Wildman–Crippen LogP) is 2.77. The number of hydrogen-bond donors (Lipinski definition) is 1. The number of aliphatic hydroxyl groups is 1. The van der Waals surface area contributed by atoms with Crippen LogP contribution < -0.4 is 0 Å². The van der Waals surface area contributed by atoms with Crippen LogP contribution in [-0.2, 0) is 0 Å². The molecule has 0 heterocycles. The minimum absolute atomic E-state index is 0.0877. The van der Waals surface area contributed by atoms with Crippen LogP contribution in [-0.4, -0.2) is 15.5 Å². The average Bonchev–Trinajstić information content (AvgIpc) is 1.81. The van der Waals surface area contributed by atoms with E-state index < -0.39 is 3.79 Å². The number of alkyl halides is 3. The Morgan fingerprint density at radius 2 is 1.90 bits per heavy atom. The van der Waals surface area contributed by atoms with E-state index in [0.29, 0.717) is 6.42 Å². The van der Waals surface area contributed by atoms with Gasteiger partial charge in [0.05, 0.1) is 0 Å². The molecular weight excluding hydrogens is 194 g/mol. The summed E-state index contributed by atoms with van der Waals surface area (Å²) in [6, 6.07) is 0. The van der Waals surface area contributed by atoms with E-state index in [2.05, 4.69) is 0 Å². The van der Waals surface area contributed by atoms with Gasteiger partial charge in [0.1, 0.15) is 0 Å². The molecule has 1 nitrogen and oxygen atoms in total. The van der Waals surface area contributed by atoms with Crippen molar-refractivity contribution >= 4 is 34.8 Å². The lowest BCUT2D eigenvalue weighted by molar-refractivity contribution is 0.216. The maximum absolute atomic E-state index is 8.71. The molecule has 0 aromatic carbocycles. The third-order valence-corrected chi connectivity index (χ3v) is 1.82. The topological polar surface area (TPSA) is 20.2 Å². The molecule has 0 aliphatic rings. The Bertz CT molecular complexity index is 85.5. The van der Waals surface area contributed by atoms with Gasteiger partial charge >= 0.3 is 0 Å². The first-order chi connectivity index (χ1) is 4.49. The molecule has 0 amide bonds. The van der Waals surface area contributed by atoms with Gasteiger partial charge in [-0.25, -0.2) is 0 Å². The molecule has 4 heteroatoms. The summed E-state index contributed by atoms with van der Waals surface area (Å²) in [5, 5.41) is 8.71. The van der Waals surface area contributed by atoms with Crippen LogP contribution in [0.25, 0.3) is 0 Å². The van der Waals surface area contributed by atoms with Crippen LogP contribution in [0.4, 0.5) is 0 Å². The maximum Gasteiger partial charge on any atom is 0.190 e. The molecule has 0 aliphatic heterocycles. The lowest BCUT2D eigenvalue weighted by atomic mass is 10.1. The van der Waals surface area contributed by atoms with Crippen molar-refractivity contribution in [3.8, 4) is 0 Å². The van der Waals surface area contributed by atoms with Gasteiger partial charge in [0, 0.05) is 6.61 Å². The van der Waals surface area contributed by atoms with Gasteiger partial charge in [0.15, 0.2) is 3.79 Å². The Morgan fingerprint density at radius 1 is 1.40 bits per heavy atom. The van der Waals surface area contributed by atoms with Crippen molar-refractivity contribution in [3.05, 3.63) is 0 Å². The van der Waals surface area contributed by atoms with Crippen molar-refractivity contribution in [2.24, 2.45) is 5.92 Å². The molecule has 0 spiro atoms. The molecule has 1 unspecified atom stereocenters. The molecule has 62 valence electrons. The van der Waals surface area contributed by atoms with Crippen LogP contribution in [0.5, 0.6) is 0 Å². The van der Waals surface area contributed by atoms with Crippen LogP contribution in [0.15, 0.2) is 0 Å². The summed E-state index contributed by atoms with van der Waals surface area (Å²) in [6.45, 7) is 2.04. The van der Waals surface area contributed by atoms with Gasteiger partial charge in [0.25, 0.3) is 0 Å². The van der Waals surface area contributed by atoms with Gasteiger partial charge in [0.2, 0.25) is 0 Å². The molecule has 0 aromatic rings. The summed E-state index contributed by atoms with van der Waals surface area (Å²) in [5.41, 5.74) is 0. The Labute approximate surface area is 76.3 Å². The number of hydrogen-bond acceptors (Lipinski definition) is 1. The van der Waals surface area contributed by atoms with E-state index in [0.717, 1.165) is 6.42 Å². The van der Waals surface area contributed by atoms with Crippen molar-refractivity contribution in [2.75, 3.05) is 6.61 Å². The third kappa shape index (κ3) is 5.60. The van der Waals surface area contributed by atoms with Crippen LogP contribution in [0.1, 0.15) is 19.8 Å². The monoisotopic (exact) mass is 204 g/mol. The molecule has 0 radical (unpaired) electrons. The molecule has 0 aromatic heterocycles. The number of rotatable bonds is 3. The van der Waals surface area contributed by atoms with Gasteiger partial charge in [-0.1, -0.05) is 48.1 Å². The lowest BCUT2D eigenvalue weighted by Gasteiger charge is -2.16. The molecule has 0 fully saturated rings. The molecule has 0 bridgehead atoms. The fourth-order valence-electron chi connectivity index (χ4n) is 0.665. The van der Waals surface area contributed by atoms with Crippen molar-refractivity contribution < 1.29 is 5.11 Å². The van der Waals surface area contributed by atoms with Gasteiger partial charge in [-0.2, -0.15) is 0 Å². The average molecular weight is 206 g/mol. The maximum atomic E-state index is 8.71. The van der Waals surface area contributed by atoms with E-state index in [9.17, 15) is 0 Å². The van der Waals surface area contributed by atoms with Crippen molar-refractivity contribution in [2.45, 2.75) is 23.6 Å². The Balaban J connectivity index is 3.63. The minimum atomic E-state index is -1.22. The molecule has 1 N–H and O–H groups in total. The summed E-state index contributed by atoms with van der Waals surface area (Å²) >= 11 is 16.5. The first-order valence-corrected chi connectivity index (χ1v) is 4.30. The van der Waals surface area contributed by atoms with E-state index in [1.165, 1.54) is 0 Å². The third-order valence-electron chi connectivity index (χ3n) is 1.36. The highest BCUT2D eigenvalue weighted by Gasteiger charge is 2.23. The molecule has 0 saturated heterocycles. The second kappa shape index (κ2) is 4.66. The minimum Gasteiger partial charge on any atom is -0.396 e. The van der Waals surface area contributed by atoms with Crippen molar-refractivity contribution in [3.63, 3.8) is 0 Å². The fraction of sp³-hybridized carbons (Fsp3) is 1.00. The highest BCUT2D eigenvalue weighted by atomic mass is 35.6. The van der Waals surface area contributed by atoms with Gasteiger partial charge in [-0.3, -0.25) is 0 Å². The number of aliphatic hydroxyl groups excluding tert-OH is 1. The lowest BCUT2D eigenvalue weighted by Crippen LogP contribution is -2.14. The van der Waals surface area contributed by atoms with E-state index in [1.54, 1.807) is 0 Å². The molecule has 0 aliphatic carbocycles. The van der Waals surface area contributed by atoms with Crippen LogP contribution in [0.3, 0.4) is 0 Å². The first-order valence-electron chi connectivity index (χ1n) is 3.17. The van der Waals surface area contributed by atoms with Crippen LogP contribution >= 0.6 is 34.8 Å². The Hall–Kier alpha value is 0.830. The zero-order chi connectivity index (χ0) is 8.20. The summed E-state index contributed by atoms with van der Waals surface area (Å²) in [5.74, 6) is 0.104. The second-order valence-corrected chi connectivity index (χ2v) is 4.79. The van der Waals surface area contributed by atoms with E-state index in [4.69, 9.17) is 39.9 Å². The van der Waals surface area contributed by atoms with Crippen molar-refractivity contribution in [1.82, 2.24) is 0 Å². The zero-order valence-electron chi connectivity index (χ0n) is 5.78. The fourth-order valence-corrected chi connectivity index (χ4v) is 1.32. The smallest absolute Gasteiger partial charge is 0.190 e. The first kappa shape index (κ1) is 10.8. The second-order valence-electron chi connectivity index (χ2n) is 2.28. The molecule has 0 saturated carbocycles. The molecule has 0 rings (SSSR count). The SMILES string of the molecule is CCC(CO)CC(Cl)(Cl)Cl. The zero-order valence-corrected chi connectivity index (χ0v) is 8.05. The van der Waals surface area contributed by atoms with Crippen LogP contribution in [0, 0.1) is 5.92 Å². The molecular formula is C6H11Cl3O. The van der Waals surface area contributed by atoms with Gasteiger partial charge in [-0.15, -0.1) is 0 Å². The highest BCUT2D eigenvalue weighted by Crippen LogP contribution is 2.34. The van der Waals surface area contributed by atoms with E-state index in [-0.39, 0.29) is 12.5 Å².